The Morgan fingerprint density at radius 1 is 1.04 bits per heavy atom. The first-order chi connectivity index (χ1) is 11.1. The van der Waals surface area contributed by atoms with Crippen LogP contribution in [0.1, 0.15) is 40.7 Å². The van der Waals surface area contributed by atoms with E-state index >= 15 is 0 Å². The van der Waals surface area contributed by atoms with E-state index < -0.39 is 41.1 Å². The minimum atomic E-state index is -5.01. The number of halogens is 6. The van der Waals surface area contributed by atoms with Gasteiger partial charge in [-0.1, -0.05) is 0 Å². The molecule has 1 unspecified atom stereocenters. The molecule has 0 aromatic heterocycles. The molecule has 1 saturated heterocycles. The number of rotatable bonds is 3. The van der Waals surface area contributed by atoms with E-state index in [1.54, 1.807) is 0 Å². The number of hydrogen-bond donors (Lipinski definition) is 0. The molecule has 134 valence electrons. The van der Waals surface area contributed by atoms with E-state index in [1.165, 1.54) is 0 Å². The minimum absolute atomic E-state index is 0.0406. The molecule has 1 aromatic carbocycles. The first-order valence-electron chi connectivity index (χ1n) is 7.15. The molecule has 1 atom stereocenters. The predicted molar refractivity (Wildman–Crippen MR) is 70.3 cm³/mol. The summed E-state index contributed by atoms with van der Waals surface area (Å²) in [5.74, 6) is -1.25. The fraction of sp³-hybridized carbons (Fsp3) is 0.533. The molecule has 24 heavy (non-hydrogen) atoms. The van der Waals surface area contributed by atoms with Gasteiger partial charge < -0.3 is 9.47 Å². The average Bonchev–Trinajstić information content (AvgIpc) is 2.51. The van der Waals surface area contributed by atoms with Gasteiger partial charge in [-0.05, 0) is 37.5 Å². The summed E-state index contributed by atoms with van der Waals surface area (Å²) in [5.41, 5.74) is -3.91. The summed E-state index contributed by atoms with van der Waals surface area (Å²) in [5, 5.41) is 0. The second-order valence-electron chi connectivity index (χ2n) is 5.38. The van der Waals surface area contributed by atoms with Gasteiger partial charge in [0.15, 0.2) is 0 Å². The quantitative estimate of drug-likeness (QED) is 0.593. The Morgan fingerprint density at radius 2 is 1.62 bits per heavy atom. The predicted octanol–water partition coefficient (Wildman–Crippen LogP) is 4.45. The molecule has 1 aliphatic heterocycles. The highest BCUT2D eigenvalue weighted by Gasteiger charge is 2.37. The summed E-state index contributed by atoms with van der Waals surface area (Å²) >= 11 is 0. The van der Waals surface area contributed by atoms with Crippen LogP contribution < -0.4 is 0 Å². The molecule has 1 fully saturated rings. The molecule has 0 aliphatic carbocycles. The van der Waals surface area contributed by atoms with Crippen LogP contribution in [0.3, 0.4) is 0 Å². The van der Waals surface area contributed by atoms with Crippen LogP contribution in [0.2, 0.25) is 0 Å². The molecule has 1 aliphatic rings. The van der Waals surface area contributed by atoms with E-state index in [0.717, 1.165) is 12.8 Å². The lowest BCUT2D eigenvalue weighted by molar-refractivity contribution is -0.143. The standard InChI is InChI=1S/C15H14F6O3/c16-14(17,18)10-5-9(6-11(7-10)15(19,20)21)13(22)24-8-12-3-1-2-4-23-12/h5-7,12H,1-4,8H2. The smallest absolute Gasteiger partial charge is 0.416 e. The third-order valence-electron chi connectivity index (χ3n) is 3.50. The van der Waals surface area contributed by atoms with Gasteiger partial charge in [0.25, 0.3) is 0 Å². The highest BCUT2D eigenvalue weighted by atomic mass is 19.4. The van der Waals surface area contributed by atoms with Crippen LogP contribution in [0.25, 0.3) is 0 Å². The third-order valence-corrected chi connectivity index (χ3v) is 3.50. The van der Waals surface area contributed by atoms with Crippen LogP contribution >= 0.6 is 0 Å². The number of carbonyl (C=O) groups is 1. The SMILES string of the molecule is O=C(OCC1CCCCO1)c1cc(C(F)(F)F)cc(C(F)(F)F)c1. The van der Waals surface area contributed by atoms with Gasteiger partial charge in [0.05, 0.1) is 22.8 Å². The van der Waals surface area contributed by atoms with Gasteiger partial charge in [-0.3, -0.25) is 0 Å². The van der Waals surface area contributed by atoms with E-state index in [1.807, 2.05) is 0 Å². The Kier molecular flexibility index (Phi) is 5.42. The van der Waals surface area contributed by atoms with Crippen LogP contribution in [0.15, 0.2) is 18.2 Å². The summed E-state index contributed by atoms with van der Waals surface area (Å²) in [6.45, 7) is 0.264. The first-order valence-corrected chi connectivity index (χ1v) is 7.15. The van der Waals surface area contributed by atoms with E-state index in [0.29, 0.717) is 25.2 Å². The monoisotopic (exact) mass is 356 g/mol. The zero-order chi connectivity index (χ0) is 18.0. The zero-order valence-corrected chi connectivity index (χ0v) is 12.3. The van der Waals surface area contributed by atoms with Gasteiger partial charge in [-0.25, -0.2) is 4.79 Å². The lowest BCUT2D eigenvalue weighted by Crippen LogP contribution is -2.26. The molecule has 1 heterocycles. The van der Waals surface area contributed by atoms with Crippen molar-refractivity contribution in [3.63, 3.8) is 0 Å². The van der Waals surface area contributed by atoms with Crippen LogP contribution in [0, 0.1) is 0 Å². The van der Waals surface area contributed by atoms with E-state index in [2.05, 4.69) is 0 Å². The number of hydrogen-bond acceptors (Lipinski definition) is 3. The number of alkyl halides is 6. The van der Waals surface area contributed by atoms with Gasteiger partial charge in [-0.2, -0.15) is 26.3 Å². The fourth-order valence-corrected chi connectivity index (χ4v) is 2.26. The molecule has 9 heteroatoms. The van der Waals surface area contributed by atoms with Crippen molar-refractivity contribution >= 4 is 5.97 Å². The normalized spacial score (nSPS) is 19.2. The Hall–Kier alpha value is -1.77. The van der Waals surface area contributed by atoms with Crippen molar-refractivity contribution in [1.29, 1.82) is 0 Å². The first kappa shape index (κ1) is 18.6. The zero-order valence-electron chi connectivity index (χ0n) is 12.3. The lowest BCUT2D eigenvalue weighted by Gasteiger charge is -2.22. The number of ether oxygens (including phenoxy) is 2. The highest BCUT2D eigenvalue weighted by molar-refractivity contribution is 5.90. The molecule has 0 bridgehead atoms. The van der Waals surface area contributed by atoms with E-state index in [9.17, 15) is 31.1 Å². The fourth-order valence-electron chi connectivity index (χ4n) is 2.26. The van der Waals surface area contributed by atoms with Gasteiger partial charge >= 0.3 is 18.3 Å². The minimum Gasteiger partial charge on any atom is -0.459 e. The molecular formula is C15H14F6O3. The maximum absolute atomic E-state index is 12.7. The molecular weight excluding hydrogens is 342 g/mol. The topological polar surface area (TPSA) is 35.5 Å². The van der Waals surface area contributed by atoms with Crippen LogP contribution in [0.5, 0.6) is 0 Å². The second-order valence-corrected chi connectivity index (χ2v) is 5.38. The molecule has 0 amide bonds. The number of carbonyl (C=O) groups excluding carboxylic acids is 1. The van der Waals surface area contributed by atoms with Crippen molar-refractivity contribution in [2.45, 2.75) is 37.7 Å². The summed E-state index contributed by atoms with van der Waals surface area (Å²) in [6, 6.07) is 0.652. The Labute approximate surface area is 133 Å². The van der Waals surface area contributed by atoms with Gasteiger partial charge in [0.1, 0.15) is 6.61 Å². The molecule has 3 nitrogen and oxygen atoms in total. The largest absolute Gasteiger partial charge is 0.459 e. The molecule has 0 spiro atoms. The van der Waals surface area contributed by atoms with Crippen LogP contribution in [-0.4, -0.2) is 25.3 Å². The van der Waals surface area contributed by atoms with Crippen LogP contribution in [0.4, 0.5) is 26.3 Å². The van der Waals surface area contributed by atoms with Crippen molar-refractivity contribution in [3.05, 3.63) is 34.9 Å². The Balaban J connectivity index is 2.19. The second kappa shape index (κ2) is 7.00. The van der Waals surface area contributed by atoms with Gasteiger partial charge in [0.2, 0.25) is 0 Å². The average molecular weight is 356 g/mol. The summed E-state index contributed by atoms with van der Waals surface area (Å²) in [6.07, 6.45) is -8.10. The molecule has 1 aromatic rings. The lowest BCUT2D eigenvalue weighted by atomic mass is 10.0. The Morgan fingerprint density at radius 3 is 2.08 bits per heavy atom. The molecule has 0 radical (unpaired) electrons. The van der Waals surface area contributed by atoms with Crippen molar-refractivity contribution < 1.29 is 40.6 Å². The van der Waals surface area contributed by atoms with Gasteiger partial charge in [-0.15, -0.1) is 0 Å². The van der Waals surface area contributed by atoms with Gasteiger partial charge in [0, 0.05) is 6.61 Å². The summed E-state index contributed by atoms with van der Waals surface area (Å²) in [7, 11) is 0. The Bertz CT molecular complexity index is 556. The highest BCUT2D eigenvalue weighted by Crippen LogP contribution is 2.36. The van der Waals surface area contributed by atoms with Crippen molar-refractivity contribution in [2.24, 2.45) is 0 Å². The molecule has 0 saturated carbocycles. The summed E-state index contributed by atoms with van der Waals surface area (Å²) in [4.78, 5) is 11.8. The van der Waals surface area contributed by atoms with E-state index in [-0.39, 0.29) is 12.7 Å². The number of benzene rings is 1. The summed E-state index contributed by atoms with van der Waals surface area (Å²) < 4.78 is 86.5. The van der Waals surface area contributed by atoms with Crippen molar-refractivity contribution in [2.75, 3.05) is 13.2 Å². The number of esters is 1. The third kappa shape index (κ3) is 4.86. The van der Waals surface area contributed by atoms with E-state index in [4.69, 9.17) is 9.47 Å². The van der Waals surface area contributed by atoms with Crippen molar-refractivity contribution in [3.8, 4) is 0 Å². The molecule has 2 rings (SSSR count). The van der Waals surface area contributed by atoms with Crippen molar-refractivity contribution in [1.82, 2.24) is 0 Å². The maximum atomic E-state index is 12.7. The maximum Gasteiger partial charge on any atom is 0.416 e. The molecule has 0 N–H and O–H groups in total. The van der Waals surface area contributed by atoms with Crippen LogP contribution in [-0.2, 0) is 21.8 Å².